The van der Waals surface area contributed by atoms with Crippen LogP contribution in [0.4, 0.5) is 0 Å². The molecular weight excluding hydrogens is 336 g/mol. The second-order valence-electron chi connectivity index (χ2n) is 6.52. The molecule has 0 atom stereocenters. The van der Waals surface area contributed by atoms with Crippen molar-refractivity contribution in [2.75, 3.05) is 6.61 Å². The number of benzene rings is 3. The predicted octanol–water partition coefficient (Wildman–Crippen LogP) is 6.03. The lowest BCUT2D eigenvalue weighted by Crippen LogP contribution is -1.99. The number of carbonyl (C=O) groups is 1. The Labute approximate surface area is 159 Å². The number of carboxylic acid groups (broad SMARTS) is 1. The maximum atomic E-state index is 10.5. The second-order valence-corrected chi connectivity index (χ2v) is 6.52. The zero-order valence-corrected chi connectivity index (χ0v) is 15.3. The largest absolute Gasteiger partial charge is 0.494 e. The van der Waals surface area contributed by atoms with Crippen LogP contribution in [-0.2, 0) is 4.79 Å². The Kier molecular flexibility index (Phi) is 6.64. The number of rotatable bonds is 9. The summed E-state index contributed by atoms with van der Waals surface area (Å²) in [5.74, 6) is 0.110. The molecule has 0 spiro atoms. The zero-order valence-electron chi connectivity index (χ0n) is 15.3. The summed E-state index contributed by atoms with van der Waals surface area (Å²) < 4.78 is 5.72. The van der Waals surface area contributed by atoms with E-state index >= 15 is 0 Å². The molecule has 0 saturated heterocycles. The molecule has 0 aliphatic rings. The van der Waals surface area contributed by atoms with E-state index in [9.17, 15) is 4.79 Å². The fourth-order valence-corrected chi connectivity index (χ4v) is 3.00. The van der Waals surface area contributed by atoms with E-state index in [1.807, 2.05) is 24.3 Å². The first-order valence-corrected chi connectivity index (χ1v) is 9.33. The van der Waals surface area contributed by atoms with Crippen molar-refractivity contribution in [2.45, 2.75) is 25.7 Å². The molecule has 0 aliphatic carbocycles. The van der Waals surface area contributed by atoms with E-state index in [-0.39, 0.29) is 6.42 Å². The van der Waals surface area contributed by atoms with Crippen LogP contribution in [0.15, 0.2) is 66.7 Å². The molecule has 27 heavy (non-hydrogen) atoms. The van der Waals surface area contributed by atoms with Gasteiger partial charge in [0.25, 0.3) is 0 Å². The lowest BCUT2D eigenvalue weighted by atomic mass is 10.0. The van der Waals surface area contributed by atoms with Crippen LogP contribution < -0.4 is 4.74 Å². The minimum absolute atomic E-state index is 0.234. The normalized spacial score (nSPS) is 11.1. The maximum Gasteiger partial charge on any atom is 0.303 e. The first kappa shape index (κ1) is 18.7. The van der Waals surface area contributed by atoms with Gasteiger partial charge in [-0.25, -0.2) is 0 Å². The van der Waals surface area contributed by atoms with Crippen molar-refractivity contribution in [1.82, 2.24) is 0 Å². The molecule has 3 aromatic rings. The van der Waals surface area contributed by atoms with Gasteiger partial charge >= 0.3 is 5.97 Å². The van der Waals surface area contributed by atoms with Gasteiger partial charge in [0.1, 0.15) is 5.75 Å². The van der Waals surface area contributed by atoms with Crippen molar-refractivity contribution in [3.05, 3.63) is 77.9 Å². The quantitative estimate of drug-likeness (QED) is 0.374. The van der Waals surface area contributed by atoms with E-state index in [1.165, 1.54) is 16.3 Å². The van der Waals surface area contributed by atoms with Crippen molar-refractivity contribution in [2.24, 2.45) is 0 Å². The highest BCUT2D eigenvalue weighted by molar-refractivity contribution is 5.92. The van der Waals surface area contributed by atoms with Crippen LogP contribution in [0.1, 0.15) is 36.8 Å². The standard InChI is InChI=1S/C24H24O3/c25-24(26)11-2-1-5-18-27-22-16-13-19(14-17-22)12-15-21-9-6-8-20-7-3-4-10-23(20)21/h3-4,6-10,12-17H,1-2,5,11,18H2,(H,25,26)/b15-12+. The minimum Gasteiger partial charge on any atom is -0.494 e. The van der Waals surface area contributed by atoms with E-state index in [0.717, 1.165) is 24.2 Å². The summed E-state index contributed by atoms with van der Waals surface area (Å²) in [7, 11) is 0. The third kappa shape index (κ3) is 5.71. The van der Waals surface area contributed by atoms with Gasteiger partial charge in [0.05, 0.1) is 6.61 Å². The average Bonchev–Trinajstić information content (AvgIpc) is 2.69. The third-order valence-corrected chi connectivity index (χ3v) is 4.46. The number of fused-ring (bicyclic) bond motifs is 1. The Balaban J connectivity index is 1.53. The van der Waals surface area contributed by atoms with Crippen LogP contribution in [0.3, 0.4) is 0 Å². The van der Waals surface area contributed by atoms with Crippen molar-refractivity contribution >= 4 is 28.9 Å². The molecule has 3 heteroatoms. The first-order valence-electron chi connectivity index (χ1n) is 9.33. The number of aliphatic carboxylic acids is 1. The highest BCUT2D eigenvalue weighted by Crippen LogP contribution is 2.21. The smallest absolute Gasteiger partial charge is 0.303 e. The molecule has 0 unspecified atom stereocenters. The Hall–Kier alpha value is -3.07. The first-order chi connectivity index (χ1) is 13.2. The summed E-state index contributed by atoms with van der Waals surface area (Å²) in [4.78, 5) is 10.5. The van der Waals surface area contributed by atoms with Gasteiger partial charge in [-0.2, -0.15) is 0 Å². The topological polar surface area (TPSA) is 46.5 Å². The van der Waals surface area contributed by atoms with Gasteiger partial charge in [-0.1, -0.05) is 66.7 Å². The highest BCUT2D eigenvalue weighted by atomic mass is 16.5. The number of hydrogen-bond donors (Lipinski definition) is 1. The Morgan fingerprint density at radius 2 is 1.63 bits per heavy atom. The van der Waals surface area contributed by atoms with Gasteiger partial charge in [-0.3, -0.25) is 4.79 Å². The molecular formula is C24H24O3. The van der Waals surface area contributed by atoms with E-state index < -0.39 is 5.97 Å². The lowest BCUT2D eigenvalue weighted by Gasteiger charge is -2.06. The lowest BCUT2D eigenvalue weighted by molar-refractivity contribution is -0.137. The molecule has 138 valence electrons. The van der Waals surface area contributed by atoms with Crippen LogP contribution in [0.5, 0.6) is 5.75 Å². The van der Waals surface area contributed by atoms with Gasteiger partial charge in [-0.05, 0) is 53.3 Å². The molecule has 0 heterocycles. The molecule has 0 aliphatic heterocycles. The molecule has 0 radical (unpaired) electrons. The van der Waals surface area contributed by atoms with E-state index in [4.69, 9.17) is 9.84 Å². The van der Waals surface area contributed by atoms with Crippen LogP contribution >= 0.6 is 0 Å². The van der Waals surface area contributed by atoms with E-state index in [2.05, 4.69) is 54.6 Å². The third-order valence-electron chi connectivity index (χ3n) is 4.46. The van der Waals surface area contributed by atoms with Crippen LogP contribution in [-0.4, -0.2) is 17.7 Å². The van der Waals surface area contributed by atoms with Gasteiger partial charge in [0.15, 0.2) is 0 Å². The summed E-state index contributed by atoms with van der Waals surface area (Å²) >= 11 is 0. The summed E-state index contributed by atoms with van der Waals surface area (Å²) in [5.41, 5.74) is 2.33. The number of hydrogen-bond acceptors (Lipinski definition) is 2. The second kappa shape index (κ2) is 9.58. The summed E-state index contributed by atoms with van der Waals surface area (Å²) in [6, 6.07) is 22.7. The van der Waals surface area contributed by atoms with Gasteiger partial charge < -0.3 is 9.84 Å². The fourth-order valence-electron chi connectivity index (χ4n) is 3.00. The molecule has 3 rings (SSSR count). The molecule has 1 N–H and O–H groups in total. The Morgan fingerprint density at radius 3 is 2.44 bits per heavy atom. The predicted molar refractivity (Wildman–Crippen MR) is 111 cm³/mol. The summed E-state index contributed by atoms with van der Waals surface area (Å²) in [5, 5.41) is 11.1. The average molecular weight is 360 g/mol. The molecule has 0 saturated carbocycles. The van der Waals surface area contributed by atoms with Crippen LogP contribution in [0, 0.1) is 0 Å². The van der Waals surface area contributed by atoms with Gasteiger partial charge in [0, 0.05) is 6.42 Å². The summed E-state index contributed by atoms with van der Waals surface area (Å²) in [6.07, 6.45) is 6.93. The van der Waals surface area contributed by atoms with Crippen molar-refractivity contribution in [3.8, 4) is 5.75 Å². The molecule has 0 bridgehead atoms. The SMILES string of the molecule is O=C(O)CCCCCOc1ccc(/C=C/c2cccc3ccccc23)cc1. The summed E-state index contributed by atoms with van der Waals surface area (Å²) in [6.45, 7) is 0.616. The number of unbranched alkanes of at least 4 members (excludes halogenated alkanes) is 2. The van der Waals surface area contributed by atoms with Crippen LogP contribution in [0.25, 0.3) is 22.9 Å². The highest BCUT2D eigenvalue weighted by Gasteiger charge is 1.99. The number of ether oxygens (including phenoxy) is 1. The fraction of sp³-hybridized carbons (Fsp3) is 0.208. The molecule has 0 aromatic heterocycles. The molecule has 0 amide bonds. The molecule has 3 aromatic carbocycles. The zero-order chi connectivity index (χ0) is 18.9. The van der Waals surface area contributed by atoms with Crippen molar-refractivity contribution < 1.29 is 14.6 Å². The van der Waals surface area contributed by atoms with Crippen molar-refractivity contribution in [1.29, 1.82) is 0 Å². The van der Waals surface area contributed by atoms with Gasteiger partial charge in [0.2, 0.25) is 0 Å². The Bertz CT molecular complexity index is 905. The van der Waals surface area contributed by atoms with Crippen LogP contribution in [0.2, 0.25) is 0 Å². The number of carboxylic acids is 1. The van der Waals surface area contributed by atoms with E-state index in [0.29, 0.717) is 13.0 Å². The molecule has 0 fully saturated rings. The monoisotopic (exact) mass is 360 g/mol. The van der Waals surface area contributed by atoms with E-state index in [1.54, 1.807) is 0 Å². The van der Waals surface area contributed by atoms with Gasteiger partial charge in [-0.15, -0.1) is 0 Å². The maximum absolute atomic E-state index is 10.5. The van der Waals surface area contributed by atoms with Crippen molar-refractivity contribution in [3.63, 3.8) is 0 Å². The Morgan fingerprint density at radius 1 is 0.852 bits per heavy atom. The molecule has 3 nitrogen and oxygen atoms in total. The minimum atomic E-state index is -0.733.